The van der Waals surface area contributed by atoms with Crippen LogP contribution in [0.25, 0.3) is 0 Å². The fourth-order valence-electron chi connectivity index (χ4n) is 2.51. The van der Waals surface area contributed by atoms with E-state index in [1.807, 2.05) is 0 Å². The standard InChI is InChI=1S/C11H12O.CH4/c1-11-7-6-10(12-11)8-4-2-3-5-9(8)11;/h2-5,10H,6-7H2,1H3;1H4. The van der Waals surface area contributed by atoms with Gasteiger partial charge in [-0.2, -0.15) is 0 Å². The first-order valence-corrected chi connectivity index (χ1v) is 4.57. The van der Waals surface area contributed by atoms with Crippen LogP contribution in [0.4, 0.5) is 0 Å². The third kappa shape index (κ3) is 0.969. The van der Waals surface area contributed by atoms with Crippen molar-refractivity contribution in [1.29, 1.82) is 0 Å². The fourth-order valence-corrected chi connectivity index (χ4v) is 2.51. The van der Waals surface area contributed by atoms with E-state index in [-0.39, 0.29) is 13.0 Å². The Labute approximate surface area is 79.7 Å². The van der Waals surface area contributed by atoms with Gasteiger partial charge in [0.1, 0.15) is 0 Å². The number of hydrogen-bond acceptors (Lipinski definition) is 1. The second-order valence-corrected chi connectivity index (χ2v) is 3.96. The normalized spacial score (nSPS) is 34.1. The molecule has 0 aliphatic carbocycles. The van der Waals surface area contributed by atoms with Crippen LogP contribution in [-0.2, 0) is 10.3 Å². The summed E-state index contributed by atoms with van der Waals surface area (Å²) in [6.07, 6.45) is 2.79. The lowest BCUT2D eigenvalue weighted by Crippen LogP contribution is -2.16. The summed E-state index contributed by atoms with van der Waals surface area (Å²) in [5.74, 6) is 0. The molecule has 0 saturated carbocycles. The van der Waals surface area contributed by atoms with E-state index in [9.17, 15) is 0 Å². The van der Waals surface area contributed by atoms with Crippen LogP contribution in [0.2, 0.25) is 0 Å². The Bertz CT molecular complexity index is 332. The number of benzene rings is 1. The largest absolute Gasteiger partial charge is 0.363 e. The highest BCUT2D eigenvalue weighted by Gasteiger charge is 2.46. The van der Waals surface area contributed by atoms with Crippen LogP contribution in [-0.4, -0.2) is 0 Å². The Kier molecular flexibility index (Phi) is 1.74. The molecule has 1 saturated heterocycles. The summed E-state index contributed by atoms with van der Waals surface area (Å²) in [7, 11) is 0. The molecule has 2 unspecified atom stereocenters. The van der Waals surface area contributed by atoms with Crippen LogP contribution in [0.1, 0.15) is 44.4 Å². The molecule has 0 radical (unpaired) electrons. The number of rotatable bonds is 0. The molecule has 2 aliphatic rings. The molecule has 2 atom stereocenters. The summed E-state index contributed by atoms with van der Waals surface area (Å²) in [5, 5.41) is 0. The Hall–Kier alpha value is -0.820. The van der Waals surface area contributed by atoms with E-state index < -0.39 is 0 Å². The molecule has 3 rings (SSSR count). The molecule has 0 amide bonds. The molecular formula is C12H16O. The van der Waals surface area contributed by atoms with Crippen LogP contribution in [0.15, 0.2) is 24.3 Å². The van der Waals surface area contributed by atoms with Crippen molar-refractivity contribution in [2.75, 3.05) is 0 Å². The summed E-state index contributed by atoms with van der Waals surface area (Å²) in [5.41, 5.74) is 2.88. The lowest BCUT2D eigenvalue weighted by atomic mass is 9.84. The molecule has 13 heavy (non-hydrogen) atoms. The number of ether oxygens (including phenoxy) is 1. The maximum Gasteiger partial charge on any atom is 0.0916 e. The third-order valence-corrected chi connectivity index (χ3v) is 3.16. The first kappa shape index (κ1) is 8.76. The molecule has 1 fully saturated rings. The predicted octanol–water partition coefficient (Wildman–Crippen LogP) is 3.40. The summed E-state index contributed by atoms with van der Waals surface area (Å²) in [6, 6.07) is 8.61. The Morgan fingerprint density at radius 3 is 2.92 bits per heavy atom. The Morgan fingerprint density at radius 2 is 2.15 bits per heavy atom. The van der Waals surface area contributed by atoms with Gasteiger partial charge >= 0.3 is 0 Å². The molecule has 70 valence electrons. The highest BCUT2D eigenvalue weighted by Crippen LogP contribution is 2.54. The van der Waals surface area contributed by atoms with Crippen LogP contribution < -0.4 is 0 Å². The van der Waals surface area contributed by atoms with Crippen molar-refractivity contribution in [2.45, 2.75) is 38.9 Å². The molecular weight excluding hydrogens is 160 g/mol. The summed E-state index contributed by atoms with van der Waals surface area (Å²) >= 11 is 0. The number of fused-ring (bicyclic) bond motifs is 5. The topological polar surface area (TPSA) is 9.23 Å². The van der Waals surface area contributed by atoms with Crippen molar-refractivity contribution >= 4 is 0 Å². The van der Waals surface area contributed by atoms with Crippen molar-refractivity contribution < 1.29 is 4.74 Å². The van der Waals surface area contributed by atoms with Crippen LogP contribution in [0, 0.1) is 0 Å². The summed E-state index contributed by atoms with van der Waals surface area (Å²) in [6.45, 7) is 2.21. The molecule has 1 aromatic carbocycles. The highest BCUT2D eigenvalue weighted by atomic mass is 16.5. The molecule has 1 nitrogen and oxygen atoms in total. The van der Waals surface area contributed by atoms with Gasteiger partial charge in [-0.05, 0) is 30.9 Å². The number of hydrogen-bond donors (Lipinski definition) is 0. The monoisotopic (exact) mass is 176 g/mol. The zero-order chi connectivity index (χ0) is 8.18. The van der Waals surface area contributed by atoms with Crippen LogP contribution >= 0.6 is 0 Å². The van der Waals surface area contributed by atoms with Crippen molar-refractivity contribution in [3.63, 3.8) is 0 Å². The minimum absolute atomic E-state index is 0. The summed E-state index contributed by atoms with van der Waals surface area (Å²) < 4.78 is 5.93. The SMILES string of the molecule is C.CC12CCC(O1)c1ccccc12. The molecule has 2 heterocycles. The second-order valence-electron chi connectivity index (χ2n) is 3.96. The van der Waals surface area contributed by atoms with E-state index in [1.54, 1.807) is 0 Å². The van der Waals surface area contributed by atoms with E-state index in [4.69, 9.17) is 4.74 Å². The van der Waals surface area contributed by atoms with Crippen molar-refractivity contribution in [2.24, 2.45) is 0 Å². The smallest absolute Gasteiger partial charge is 0.0916 e. The molecule has 0 aromatic heterocycles. The van der Waals surface area contributed by atoms with E-state index in [0.29, 0.717) is 6.10 Å². The highest BCUT2D eigenvalue weighted by molar-refractivity contribution is 5.39. The molecule has 0 N–H and O–H groups in total. The van der Waals surface area contributed by atoms with E-state index in [2.05, 4.69) is 31.2 Å². The second kappa shape index (κ2) is 2.58. The molecule has 1 heteroatoms. The maximum absolute atomic E-state index is 5.93. The van der Waals surface area contributed by atoms with Gasteiger partial charge in [-0.1, -0.05) is 31.7 Å². The molecule has 0 spiro atoms. The van der Waals surface area contributed by atoms with E-state index in [0.717, 1.165) is 0 Å². The first-order chi connectivity index (χ1) is 5.80. The van der Waals surface area contributed by atoms with Gasteiger partial charge in [0.25, 0.3) is 0 Å². The first-order valence-electron chi connectivity index (χ1n) is 4.57. The predicted molar refractivity (Wildman–Crippen MR) is 53.6 cm³/mol. The lowest BCUT2D eigenvalue weighted by molar-refractivity contribution is -0.00700. The zero-order valence-electron chi connectivity index (χ0n) is 7.21. The van der Waals surface area contributed by atoms with Gasteiger partial charge in [0, 0.05) is 0 Å². The minimum Gasteiger partial charge on any atom is -0.363 e. The Morgan fingerprint density at radius 1 is 1.38 bits per heavy atom. The minimum atomic E-state index is 0. The van der Waals surface area contributed by atoms with E-state index in [1.165, 1.54) is 24.0 Å². The quantitative estimate of drug-likeness (QED) is 0.588. The van der Waals surface area contributed by atoms with Gasteiger partial charge in [0.05, 0.1) is 11.7 Å². The van der Waals surface area contributed by atoms with Gasteiger partial charge in [0.2, 0.25) is 0 Å². The van der Waals surface area contributed by atoms with Gasteiger partial charge in [-0.25, -0.2) is 0 Å². The molecule has 2 bridgehead atoms. The van der Waals surface area contributed by atoms with Gasteiger partial charge in [-0.3, -0.25) is 0 Å². The van der Waals surface area contributed by atoms with Gasteiger partial charge in [0.15, 0.2) is 0 Å². The average molecular weight is 176 g/mol. The third-order valence-electron chi connectivity index (χ3n) is 3.16. The average Bonchev–Trinajstić information content (AvgIpc) is 2.60. The van der Waals surface area contributed by atoms with Crippen LogP contribution in [0.5, 0.6) is 0 Å². The molecule has 2 aliphatic heterocycles. The summed E-state index contributed by atoms with van der Waals surface area (Å²) in [4.78, 5) is 0. The van der Waals surface area contributed by atoms with Crippen molar-refractivity contribution in [3.8, 4) is 0 Å². The van der Waals surface area contributed by atoms with Crippen LogP contribution in [0.3, 0.4) is 0 Å². The van der Waals surface area contributed by atoms with E-state index >= 15 is 0 Å². The van der Waals surface area contributed by atoms with Crippen molar-refractivity contribution in [1.82, 2.24) is 0 Å². The van der Waals surface area contributed by atoms with Gasteiger partial charge < -0.3 is 4.74 Å². The molecule has 1 aromatic rings. The lowest BCUT2D eigenvalue weighted by Gasteiger charge is -2.20. The zero-order valence-corrected chi connectivity index (χ0v) is 7.21. The Balaban J connectivity index is 0.000000653. The van der Waals surface area contributed by atoms with Crippen molar-refractivity contribution in [3.05, 3.63) is 35.4 Å². The fraction of sp³-hybridized carbons (Fsp3) is 0.500. The maximum atomic E-state index is 5.93. The van der Waals surface area contributed by atoms with Gasteiger partial charge in [-0.15, -0.1) is 0 Å².